The second-order valence-electron chi connectivity index (χ2n) is 4.82. The highest BCUT2D eigenvalue weighted by Gasteiger charge is 2.19. The van der Waals surface area contributed by atoms with Crippen LogP contribution in [0.3, 0.4) is 0 Å². The molecule has 1 rings (SSSR count). The van der Waals surface area contributed by atoms with Crippen molar-refractivity contribution in [2.75, 3.05) is 13.2 Å². The van der Waals surface area contributed by atoms with Gasteiger partial charge in [0.2, 0.25) is 0 Å². The number of aryl methyl sites for hydroxylation is 1. The summed E-state index contributed by atoms with van der Waals surface area (Å²) in [4.78, 5) is 4.47. The van der Waals surface area contributed by atoms with Crippen molar-refractivity contribution in [2.24, 2.45) is 0 Å². The molecule has 0 aliphatic carbocycles. The van der Waals surface area contributed by atoms with Crippen molar-refractivity contribution in [3.05, 3.63) is 23.5 Å². The quantitative estimate of drug-likeness (QED) is 0.779. The van der Waals surface area contributed by atoms with Crippen molar-refractivity contribution < 1.29 is 9.84 Å². The molecule has 0 fully saturated rings. The molecule has 0 saturated carbocycles. The molecule has 1 aromatic rings. The van der Waals surface area contributed by atoms with Crippen LogP contribution < -0.4 is 10.1 Å². The summed E-state index contributed by atoms with van der Waals surface area (Å²) in [6, 6.07) is 3.84. The maximum absolute atomic E-state index is 9.95. The van der Waals surface area contributed by atoms with Crippen molar-refractivity contribution in [1.29, 1.82) is 0 Å². The third-order valence-electron chi connectivity index (χ3n) is 2.91. The fraction of sp³-hybridized carbons (Fsp3) is 0.643. The molecule has 1 aromatic heterocycles. The summed E-state index contributed by atoms with van der Waals surface area (Å²) < 4.78 is 5.69. The Morgan fingerprint density at radius 1 is 1.39 bits per heavy atom. The zero-order chi connectivity index (χ0) is 13.6. The molecule has 0 aliphatic heterocycles. The number of aliphatic hydroxyl groups is 1. The number of hydrogen-bond donors (Lipinski definition) is 2. The van der Waals surface area contributed by atoms with Gasteiger partial charge >= 0.3 is 0 Å². The van der Waals surface area contributed by atoms with E-state index in [1.807, 2.05) is 26.0 Å². The Morgan fingerprint density at radius 2 is 2.11 bits per heavy atom. The highest BCUT2D eigenvalue weighted by Crippen LogP contribution is 2.19. The van der Waals surface area contributed by atoms with Crippen LogP contribution in [0.25, 0.3) is 0 Å². The molecule has 4 nitrogen and oxygen atoms in total. The van der Waals surface area contributed by atoms with E-state index in [4.69, 9.17) is 4.74 Å². The Labute approximate surface area is 109 Å². The highest BCUT2D eigenvalue weighted by atomic mass is 16.5. The minimum atomic E-state index is -0.791. The fourth-order valence-corrected chi connectivity index (χ4v) is 1.43. The number of aromatic nitrogens is 1. The average Bonchev–Trinajstić information content (AvgIpc) is 2.35. The van der Waals surface area contributed by atoms with Gasteiger partial charge in [-0.15, -0.1) is 0 Å². The summed E-state index contributed by atoms with van der Waals surface area (Å²) in [5.74, 6) is 0.746. The Balaban J connectivity index is 2.74. The van der Waals surface area contributed by atoms with Crippen LogP contribution in [0.4, 0.5) is 0 Å². The predicted octanol–water partition coefficient (Wildman–Crippen LogP) is 2.04. The number of pyridine rings is 1. The lowest BCUT2D eigenvalue weighted by Gasteiger charge is -2.22. The highest BCUT2D eigenvalue weighted by molar-refractivity contribution is 5.29. The maximum atomic E-state index is 9.95. The van der Waals surface area contributed by atoms with Gasteiger partial charge in [0.25, 0.3) is 0 Å². The summed E-state index contributed by atoms with van der Waals surface area (Å²) >= 11 is 0. The van der Waals surface area contributed by atoms with Crippen molar-refractivity contribution in [3.63, 3.8) is 0 Å². The Morgan fingerprint density at radius 3 is 2.72 bits per heavy atom. The van der Waals surface area contributed by atoms with Gasteiger partial charge in [-0.05, 0) is 38.9 Å². The first-order chi connectivity index (χ1) is 8.48. The van der Waals surface area contributed by atoms with Crippen LogP contribution in [0.1, 0.15) is 38.6 Å². The molecule has 0 spiro atoms. The second-order valence-corrected chi connectivity index (χ2v) is 4.82. The monoisotopic (exact) mass is 252 g/mol. The summed E-state index contributed by atoms with van der Waals surface area (Å²) in [7, 11) is 0. The molecule has 0 aliphatic rings. The Hall–Kier alpha value is -1.13. The summed E-state index contributed by atoms with van der Waals surface area (Å²) in [6.45, 7) is 9.59. The van der Waals surface area contributed by atoms with Crippen molar-refractivity contribution in [1.82, 2.24) is 10.3 Å². The molecule has 102 valence electrons. The molecular formula is C14H24N2O2. The van der Waals surface area contributed by atoms with Crippen LogP contribution in [0.2, 0.25) is 0 Å². The SMILES string of the molecule is CCNCc1nc(C)ccc1OCC(C)(O)CC. The summed E-state index contributed by atoms with van der Waals surface area (Å²) in [5.41, 5.74) is 1.07. The van der Waals surface area contributed by atoms with E-state index >= 15 is 0 Å². The van der Waals surface area contributed by atoms with E-state index in [0.717, 1.165) is 23.7 Å². The third kappa shape index (κ3) is 4.63. The first kappa shape index (κ1) is 14.9. The van der Waals surface area contributed by atoms with E-state index in [1.54, 1.807) is 6.92 Å². The average molecular weight is 252 g/mol. The van der Waals surface area contributed by atoms with Crippen LogP contribution in [0.5, 0.6) is 5.75 Å². The molecular weight excluding hydrogens is 228 g/mol. The second kappa shape index (κ2) is 6.71. The fourth-order valence-electron chi connectivity index (χ4n) is 1.43. The number of nitrogens with zero attached hydrogens (tertiary/aromatic N) is 1. The van der Waals surface area contributed by atoms with Gasteiger partial charge in [0.15, 0.2) is 0 Å². The van der Waals surface area contributed by atoms with Crippen molar-refractivity contribution in [3.8, 4) is 5.75 Å². The molecule has 2 N–H and O–H groups in total. The normalized spacial score (nSPS) is 14.3. The lowest BCUT2D eigenvalue weighted by Crippen LogP contribution is -2.31. The van der Waals surface area contributed by atoms with Gasteiger partial charge in [-0.2, -0.15) is 0 Å². The van der Waals surface area contributed by atoms with Gasteiger partial charge in [0.05, 0.1) is 11.3 Å². The largest absolute Gasteiger partial charge is 0.489 e. The first-order valence-corrected chi connectivity index (χ1v) is 6.51. The number of hydrogen-bond acceptors (Lipinski definition) is 4. The molecule has 0 saturated heterocycles. The smallest absolute Gasteiger partial charge is 0.142 e. The molecule has 0 amide bonds. The zero-order valence-corrected chi connectivity index (χ0v) is 11.8. The lowest BCUT2D eigenvalue weighted by molar-refractivity contribution is 0.00801. The van der Waals surface area contributed by atoms with Crippen LogP contribution in [-0.2, 0) is 6.54 Å². The Kier molecular flexibility index (Phi) is 5.56. The van der Waals surface area contributed by atoms with E-state index in [-0.39, 0.29) is 6.61 Å². The summed E-state index contributed by atoms with van der Waals surface area (Å²) in [6.07, 6.45) is 0.662. The van der Waals surface area contributed by atoms with E-state index in [1.165, 1.54) is 0 Å². The first-order valence-electron chi connectivity index (χ1n) is 6.51. The van der Waals surface area contributed by atoms with Crippen LogP contribution >= 0.6 is 0 Å². The molecule has 1 atom stereocenters. The van der Waals surface area contributed by atoms with Gasteiger partial charge in [0.1, 0.15) is 12.4 Å². The molecule has 0 bridgehead atoms. The minimum absolute atomic E-state index is 0.285. The number of ether oxygens (including phenoxy) is 1. The molecule has 4 heteroatoms. The maximum Gasteiger partial charge on any atom is 0.142 e. The molecule has 1 unspecified atom stereocenters. The van der Waals surface area contributed by atoms with Gasteiger partial charge in [0, 0.05) is 12.2 Å². The van der Waals surface area contributed by atoms with E-state index in [9.17, 15) is 5.11 Å². The van der Waals surface area contributed by atoms with Crippen molar-refractivity contribution in [2.45, 2.75) is 46.3 Å². The molecule has 1 heterocycles. The predicted molar refractivity (Wildman–Crippen MR) is 72.8 cm³/mol. The molecule has 0 aromatic carbocycles. The molecule has 18 heavy (non-hydrogen) atoms. The van der Waals surface area contributed by atoms with Gasteiger partial charge in [-0.1, -0.05) is 13.8 Å². The standard InChI is InChI=1S/C14H24N2O2/c1-5-14(4,17)10-18-13-8-7-11(3)16-12(13)9-15-6-2/h7-8,15,17H,5-6,9-10H2,1-4H3. The van der Waals surface area contributed by atoms with E-state index in [0.29, 0.717) is 13.0 Å². The Bertz CT molecular complexity index is 378. The lowest BCUT2D eigenvalue weighted by atomic mass is 10.1. The van der Waals surface area contributed by atoms with Crippen LogP contribution in [0, 0.1) is 6.92 Å². The van der Waals surface area contributed by atoms with E-state index in [2.05, 4.69) is 17.2 Å². The minimum Gasteiger partial charge on any atom is -0.489 e. The molecule has 0 radical (unpaired) electrons. The summed E-state index contributed by atoms with van der Waals surface area (Å²) in [5, 5.41) is 13.2. The number of rotatable bonds is 7. The van der Waals surface area contributed by atoms with Gasteiger partial charge < -0.3 is 15.2 Å². The topological polar surface area (TPSA) is 54.4 Å². The van der Waals surface area contributed by atoms with Crippen LogP contribution in [0.15, 0.2) is 12.1 Å². The zero-order valence-electron chi connectivity index (χ0n) is 11.8. The third-order valence-corrected chi connectivity index (χ3v) is 2.91. The van der Waals surface area contributed by atoms with E-state index < -0.39 is 5.60 Å². The van der Waals surface area contributed by atoms with Gasteiger partial charge in [-0.3, -0.25) is 4.98 Å². The van der Waals surface area contributed by atoms with Gasteiger partial charge in [-0.25, -0.2) is 0 Å². The van der Waals surface area contributed by atoms with Crippen molar-refractivity contribution >= 4 is 0 Å². The van der Waals surface area contributed by atoms with Crippen LogP contribution in [-0.4, -0.2) is 28.8 Å². The number of nitrogens with one attached hydrogen (secondary N) is 1.